The van der Waals surface area contributed by atoms with Gasteiger partial charge in [0.25, 0.3) is 0 Å². The number of halogens is 8. The molecule has 0 heterocycles. The van der Waals surface area contributed by atoms with Gasteiger partial charge in [-0.15, -0.1) is 13.2 Å². The van der Waals surface area contributed by atoms with Gasteiger partial charge in [-0.05, 0) is 0 Å². The number of ether oxygens (including phenoxy) is 1. The molecule has 0 saturated heterocycles. The van der Waals surface area contributed by atoms with Crippen LogP contribution in [0.1, 0.15) is 5.56 Å². The Morgan fingerprint density at radius 2 is 1.24 bits per heavy atom. The van der Waals surface area contributed by atoms with Gasteiger partial charge in [-0.3, -0.25) is 0 Å². The fourth-order valence-corrected chi connectivity index (χ4v) is 1.01. The maximum absolute atomic E-state index is 12.8. The van der Waals surface area contributed by atoms with Gasteiger partial charge in [-0.25, -0.2) is 8.78 Å². The standard InChI is InChI=1S/C8H2F8O/c9-4-1-3(17-8(14,15)16)2-5(10)6(4)7(11,12)13/h1-2H. The molecule has 0 spiro atoms. The summed E-state index contributed by atoms with van der Waals surface area (Å²) < 4.78 is 99.7. The van der Waals surface area contributed by atoms with Gasteiger partial charge in [-0.2, -0.15) is 13.2 Å². The van der Waals surface area contributed by atoms with Crippen LogP contribution in [0.3, 0.4) is 0 Å². The summed E-state index contributed by atoms with van der Waals surface area (Å²) >= 11 is 0. The Bertz CT molecular complexity index is 396. The van der Waals surface area contributed by atoms with E-state index in [9.17, 15) is 35.1 Å². The minimum atomic E-state index is -5.34. The van der Waals surface area contributed by atoms with Crippen molar-refractivity contribution in [3.8, 4) is 5.75 Å². The van der Waals surface area contributed by atoms with E-state index in [1.54, 1.807) is 0 Å². The molecule has 1 aromatic rings. The van der Waals surface area contributed by atoms with Crippen LogP contribution in [0, 0.1) is 11.6 Å². The summed E-state index contributed by atoms with van der Waals surface area (Å²) in [6.07, 6.45) is -10.6. The topological polar surface area (TPSA) is 9.23 Å². The average molecular weight is 266 g/mol. The normalized spacial score (nSPS) is 12.7. The molecule has 0 bridgehead atoms. The lowest BCUT2D eigenvalue weighted by molar-refractivity contribution is -0.274. The predicted molar refractivity (Wildman–Crippen MR) is 38.0 cm³/mol. The number of hydrogen-bond acceptors (Lipinski definition) is 1. The predicted octanol–water partition coefficient (Wildman–Crippen LogP) is 3.88. The van der Waals surface area contributed by atoms with Gasteiger partial charge in [0.2, 0.25) is 0 Å². The molecular formula is C8H2F8O. The van der Waals surface area contributed by atoms with Crippen LogP contribution in [-0.4, -0.2) is 6.36 Å². The van der Waals surface area contributed by atoms with Crippen LogP contribution < -0.4 is 4.74 Å². The van der Waals surface area contributed by atoms with Crippen molar-refractivity contribution in [2.45, 2.75) is 12.5 Å². The van der Waals surface area contributed by atoms with Crippen LogP contribution in [-0.2, 0) is 6.18 Å². The van der Waals surface area contributed by atoms with Crippen molar-refractivity contribution in [1.29, 1.82) is 0 Å². The van der Waals surface area contributed by atoms with Gasteiger partial charge in [-0.1, -0.05) is 0 Å². The van der Waals surface area contributed by atoms with Crippen LogP contribution in [0.5, 0.6) is 5.75 Å². The van der Waals surface area contributed by atoms with Crippen molar-refractivity contribution < 1.29 is 39.9 Å². The van der Waals surface area contributed by atoms with E-state index in [1.807, 2.05) is 0 Å². The third kappa shape index (κ3) is 3.46. The van der Waals surface area contributed by atoms with Gasteiger partial charge < -0.3 is 4.74 Å². The highest BCUT2D eigenvalue weighted by molar-refractivity contribution is 5.32. The molecule has 0 amide bonds. The molecule has 0 aliphatic carbocycles. The Morgan fingerprint density at radius 1 is 0.824 bits per heavy atom. The smallest absolute Gasteiger partial charge is 0.406 e. The second kappa shape index (κ2) is 4.04. The fraction of sp³-hybridized carbons (Fsp3) is 0.250. The van der Waals surface area contributed by atoms with Crippen molar-refractivity contribution in [2.75, 3.05) is 0 Å². The molecule has 1 rings (SSSR count). The Hall–Kier alpha value is -1.54. The van der Waals surface area contributed by atoms with Crippen LogP contribution in [0.25, 0.3) is 0 Å². The molecule has 0 atom stereocenters. The Morgan fingerprint density at radius 3 is 1.53 bits per heavy atom. The van der Waals surface area contributed by atoms with Crippen LogP contribution >= 0.6 is 0 Å². The molecule has 1 nitrogen and oxygen atoms in total. The molecule has 17 heavy (non-hydrogen) atoms. The molecule has 0 N–H and O–H groups in total. The first-order chi connectivity index (χ1) is 7.50. The zero-order valence-corrected chi connectivity index (χ0v) is 7.59. The summed E-state index contributed by atoms with van der Waals surface area (Å²) in [6, 6.07) is -0.390. The highest BCUT2D eigenvalue weighted by Gasteiger charge is 2.39. The van der Waals surface area contributed by atoms with Crippen molar-refractivity contribution in [3.05, 3.63) is 29.3 Å². The van der Waals surface area contributed by atoms with E-state index in [2.05, 4.69) is 4.74 Å². The van der Waals surface area contributed by atoms with Crippen LogP contribution in [0.4, 0.5) is 35.1 Å². The van der Waals surface area contributed by atoms with Crippen molar-refractivity contribution >= 4 is 0 Å². The summed E-state index contributed by atoms with van der Waals surface area (Å²) in [4.78, 5) is 0. The van der Waals surface area contributed by atoms with Crippen molar-refractivity contribution in [2.24, 2.45) is 0 Å². The molecular weight excluding hydrogens is 264 g/mol. The van der Waals surface area contributed by atoms with Gasteiger partial charge in [0, 0.05) is 12.1 Å². The average Bonchev–Trinajstić information content (AvgIpc) is 1.94. The number of alkyl halides is 6. The molecule has 0 fully saturated rings. The Kier molecular flexibility index (Phi) is 3.22. The van der Waals surface area contributed by atoms with E-state index in [0.717, 1.165) is 0 Å². The van der Waals surface area contributed by atoms with E-state index in [1.165, 1.54) is 0 Å². The first-order valence-electron chi connectivity index (χ1n) is 3.82. The van der Waals surface area contributed by atoms with Crippen molar-refractivity contribution in [3.63, 3.8) is 0 Å². The minimum absolute atomic E-state index is 0.195. The molecule has 0 radical (unpaired) electrons. The van der Waals surface area contributed by atoms with Crippen LogP contribution in [0.15, 0.2) is 12.1 Å². The molecule has 0 saturated carbocycles. The van der Waals surface area contributed by atoms with E-state index in [0.29, 0.717) is 0 Å². The fourth-order valence-electron chi connectivity index (χ4n) is 1.01. The highest BCUT2D eigenvalue weighted by Crippen LogP contribution is 2.36. The quantitative estimate of drug-likeness (QED) is 0.701. The summed E-state index contributed by atoms with van der Waals surface area (Å²) in [5.41, 5.74) is -2.27. The van der Waals surface area contributed by atoms with Gasteiger partial charge in [0.05, 0.1) is 0 Å². The maximum atomic E-state index is 12.8. The Labute approximate surface area is 88.6 Å². The number of hydrogen-bond donors (Lipinski definition) is 0. The molecule has 0 aromatic heterocycles. The Balaban J connectivity index is 3.19. The lowest BCUT2D eigenvalue weighted by atomic mass is 10.2. The minimum Gasteiger partial charge on any atom is -0.406 e. The SMILES string of the molecule is Fc1cc(OC(F)(F)F)cc(F)c1C(F)(F)F. The molecule has 0 aliphatic rings. The monoisotopic (exact) mass is 266 g/mol. The lowest BCUT2D eigenvalue weighted by Gasteiger charge is -2.12. The lowest BCUT2D eigenvalue weighted by Crippen LogP contribution is -2.18. The van der Waals surface area contributed by atoms with Crippen LogP contribution in [0.2, 0.25) is 0 Å². The van der Waals surface area contributed by atoms with Crippen molar-refractivity contribution in [1.82, 2.24) is 0 Å². The molecule has 9 heteroatoms. The number of rotatable bonds is 1. The van der Waals surface area contributed by atoms with Gasteiger partial charge in [0.1, 0.15) is 22.9 Å². The van der Waals surface area contributed by atoms with E-state index in [-0.39, 0.29) is 12.1 Å². The zero-order chi connectivity index (χ0) is 13.4. The first kappa shape index (κ1) is 13.5. The van der Waals surface area contributed by atoms with Gasteiger partial charge in [0.15, 0.2) is 0 Å². The maximum Gasteiger partial charge on any atom is 0.573 e. The second-order valence-corrected chi connectivity index (χ2v) is 2.81. The van der Waals surface area contributed by atoms with Gasteiger partial charge >= 0.3 is 12.5 Å². The molecule has 0 aliphatic heterocycles. The first-order valence-corrected chi connectivity index (χ1v) is 3.82. The van der Waals surface area contributed by atoms with E-state index < -0.39 is 35.5 Å². The molecule has 0 unspecified atom stereocenters. The largest absolute Gasteiger partial charge is 0.573 e. The third-order valence-corrected chi connectivity index (χ3v) is 1.53. The molecule has 1 aromatic carbocycles. The second-order valence-electron chi connectivity index (χ2n) is 2.81. The zero-order valence-electron chi connectivity index (χ0n) is 7.59. The summed E-state index contributed by atoms with van der Waals surface area (Å²) in [7, 11) is 0. The molecule has 96 valence electrons. The summed E-state index contributed by atoms with van der Waals surface area (Å²) in [5.74, 6) is -5.77. The third-order valence-electron chi connectivity index (χ3n) is 1.53. The summed E-state index contributed by atoms with van der Waals surface area (Å²) in [5, 5.41) is 0. The van der Waals surface area contributed by atoms with E-state index >= 15 is 0 Å². The highest BCUT2D eigenvalue weighted by atomic mass is 19.4. The summed E-state index contributed by atoms with van der Waals surface area (Å²) in [6.45, 7) is 0. The number of benzene rings is 1. The van der Waals surface area contributed by atoms with E-state index in [4.69, 9.17) is 0 Å².